The highest BCUT2D eigenvalue weighted by molar-refractivity contribution is 5.76. The van der Waals surface area contributed by atoms with Crippen LogP contribution in [0.25, 0.3) is 0 Å². The fourth-order valence-electron chi connectivity index (χ4n) is 1.72. The standard InChI is InChI=1S/C13H16O5/c1-15-11-3-2-10(9-14)8-12(11)16-5-4-13-17-6-7-18-13/h2-3,8-9,13H,4-7H2,1H3. The first-order valence-corrected chi connectivity index (χ1v) is 5.82. The van der Waals surface area contributed by atoms with E-state index in [9.17, 15) is 4.79 Å². The highest BCUT2D eigenvalue weighted by Crippen LogP contribution is 2.27. The topological polar surface area (TPSA) is 54.0 Å². The van der Waals surface area contributed by atoms with Gasteiger partial charge in [0.1, 0.15) is 6.29 Å². The van der Waals surface area contributed by atoms with Crippen molar-refractivity contribution in [2.24, 2.45) is 0 Å². The van der Waals surface area contributed by atoms with Gasteiger partial charge in [0.25, 0.3) is 0 Å². The maximum Gasteiger partial charge on any atom is 0.161 e. The summed E-state index contributed by atoms with van der Waals surface area (Å²) in [4.78, 5) is 10.7. The zero-order valence-corrected chi connectivity index (χ0v) is 10.3. The van der Waals surface area contributed by atoms with Crippen molar-refractivity contribution in [1.29, 1.82) is 0 Å². The van der Waals surface area contributed by atoms with E-state index in [-0.39, 0.29) is 6.29 Å². The molecule has 1 aliphatic rings. The van der Waals surface area contributed by atoms with E-state index in [1.54, 1.807) is 25.3 Å². The summed E-state index contributed by atoms with van der Waals surface area (Å²) >= 11 is 0. The number of ether oxygens (including phenoxy) is 4. The number of rotatable bonds is 6. The lowest BCUT2D eigenvalue weighted by molar-refractivity contribution is -0.0532. The van der Waals surface area contributed by atoms with Crippen LogP contribution in [0.3, 0.4) is 0 Å². The monoisotopic (exact) mass is 252 g/mol. The average Bonchev–Trinajstić information content (AvgIpc) is 2.92. The minimum atomic E-state index is -0.190. The molecule has 98 valence electrons. The van der Waals surface area contributed by atoms with Gasteiger partial charge in [0.05, 0.1) is 26.9 Å². The Bertz CT molecular complexity index is 398. The molecule has 5 nitrogen and oxygen atoms in total. The normalized spacial score (nSPS) is 15.6. The summed E-state index contributed by atoms with van der Waals surface area (Å²) in [5, 5.41) is 0. The van der Waals surface area contributed by atoms with Crippen LogP contribution < -0.4 is 9.47 Å². The van der Waals surface area contributed by atoms with Gasteiger partial charge in [-0.2, -0.15) is 0 Å². The summed E-state index contributed by atoms with van der Waals surface area (Å²) in [5.41, 5.74) is 0.555. The van der Waals surface area contributed by atoms with Gasteiger partial charge in [0, 0.05) is 12.0 Å². The third kappa shape index (κ3) is 3.21. The molecule has 1 saturated heterocycles. The molecule has 1 aromatic carbocycles. The van der Waals surface area contributed by atoms with Crippen LogP contribution in [0.1, 0.15) is 16.8 Å². The number of hydrogen-bond acceptors (Lipinski definition) is 5. The zero-order valence-electron chi connectivity index (χ0n) is 10.3. The molecular weight excluding hydrogens is 236 g/mol. The molecule has 0 bridgehead atoms. The van der Waals surface area contributed by atoms with Crippen molar-refractivity contribution >= 4 is 6.29 Å². The SMILES string of the molecule is COc1ccc(C=O)cc1OCCC1OCCO1. The van der Waals surface area contributed by atoms with E-state index in [1.807, 2.05) is 0 Å². The van der Waals surface area contributed by atoms with Gasteiger partial charge < -0.3 is 18.9 Å². The molecule has 0 aliphatic carbocycles. The maximum atomic E-state index is 10.7. The lowest BCUT2D eigenvalue weighted by atomic mass is 10.2. The zero-order chi connectivity index (χ0) is 12.8. The van der Waals surface area contributed by atoms with Crippen LogP contribution in [0.4, 0.5) is 0 Å². The quantitative estimate of drug-likeness (QED) is 0.720. The lowest BCUT2D eigenvalue weighted by Gasteiger charge is -2.13. The molecule has 0 aromatic heterocycles. The summed E-state index contributed by atoms with van der Waals surface area (Å²) in [7, 11) is 1.56. The molecule has 0 spiro atoms. The van der Waals surface area contributed by atoms with Gasteiger partial charge in [0.15, 0.2) is 17.8 Å². The van der Waals surface area contributed by atoms with E-state index < -0.39 is 0 Å². The van der Waals surface area contributed by atoms with Crippen molar-refractivity contribution in [2.75, 3.05) is 26.9 Å². The second kappa shape index (κ2) is 6.37. The smallest absolute Gasteiger partial charge is 0.161 e. The average molecular weight is 252 g/mol. The van der Waals surface area contributed by atoms with Gasteiger partial charge >= 0.3 is 0 Å². The number of hydrogen-bond donors (Lipinski definition) is 0. The predicted octanol–water partition coefficient (Wildman–Crippen LogP) is 1.65. The Kier molecular flexibility index (Phi) is 4.55. The predicted molar refractivity (Wildman–Crippen MR) is 64.2 cm³/mol. The third-order valence-corrected chi connectivity index (χ3v) is 2.63. The van der Waals surface area contributed by atoms with E-state index in [0.717, 1.165) is 6.29 Å². The van der Waals surface area contributed by atoms with Gasteiger partial charge in [-0.05, 0) is 18.2 Å². The Balaban J connectivity index is 1.91. The van der Waals surface area contributed by atoms with Crippen LogP contribution in [0.5, 0.6) is 11.5 Å². The van der Waals surface area contributed by atoms with Crippen LogP contribution >= 0.6 is 0 Å². The van der Waals surface area contributed by atoms with Crippen LogP contribution in [-0.4, -0.2) is 39.5 Å². The third-order valence-electron chi connectivity index (χ3n) is 2.63. The summed E-state index contributed by atoms with van der Waals surface area (Å²) in [5.74, 6) is 1.16. The molecule has 1 fully saturated rings. The molecule has 0 atom stereocenters. The molecule has 1 aromatic rings. The number of carbonyl (C=O) groups excluding carboxylic acids is 1. The molecule has 0 unspecified atom stereocenters. The summed E-state index contributed by atoms with van der Waals surface area (Å²) in [6.45, 7) is 1.71. The van der Waals surface area contributed by atoms with Crippen molar-refractivity contribution in [2.45, 2.75) is 12.7 Å². The highest BCUT2D eigenvalue weighted by atomic mass is 16.7. The number of aldehydes is 1. The fraction of sp³-hybridized carbons (Fsp3) is 0.462. The summed E-state index contributed by atoms with van der Waals surface area (Å²) in [6.07, 6.45) is 1.23. The molecule has 2 rings (SSSR count). The molecule has 0 radical (unpaired) electrons. The van der Waals surface area contributed by atoms with Crippen molar-refractivity contribution in [1.82, 2.24) is 0 Å². The Morgan fingerprint density at radius 2 is 2.11 bits per heavy atom. The van der Waals surface area contributed by atoms with Gasteiger partial charge in [-0.25, -0.2) is 0 Å². The molecule has 0 amide bonds. The van der Waals surface area contributed by atoms with Crippen molar-refractivity contribution in [3.8, 4) is 11.5 Å². The Hall–Kier alpha value is -1.59. The van der Waals surface area contributed by atoms with Gasteiger partial charge in [-0.3, -0.25) is 4.79 Å². The molecular formula is C13H16O5. The van der Waals surface area contributed by atoms with Crippen LogP contribution in [0.15, 0.2) is 18.2 Å². The number of carbonyl (C=O) groups is 1. The van der Waals surface area contributed by atoms with Gasteiger partial charge in [0.2, 0.25) is 0 Å². The maximum absolute atomic E-state index is 10.7. The van der Waals surface area contributed by atoms with Gasteiger partial charge in [-0.1, -0.05) is 0 Å². The second-order valence-electron chi connectivity index (χ2n) is 3.84. The summed E-state index contributed by atoms with van der Waals surface area (Å²) in [6, 6.07) is 5.05. The molecule has 1 heterocycles. The van der Waals surface area contributed by atoms with Crippen LogP contribution in [-0.2, 0) is 9.47 Å². The molecule has 0 saturated carbocycles. The second-order valence-corrected chi connectivity index (χ2v) is 3.84. The summed E-state index contributed by atoms with van der Waals surface area (Å²) < 4.78 is 21.4. The highest BCUT2D eigenvalue weighted by Gasteiger charge is 2.16. The minimum absolute atomic E-state index is 0.190. The minimum Gasteiger partial charge on any atom is -0.493 e. The molecule has 18 heavy (non-hydrogen) atoms. The van der Waals surface area contributed by atoms with Crippen LogP contribution in [0, 0.1) is 0 Å². The van der Waals surface area contributed by atoms with Crippen molar-refractivity contribution in [3.05, 3.63) is 23.8 Å². The molecule has 1 aliphatic heterocycles. The largest absolute Gasteiger partial charge is 0.493 e. The van der Waals surface area contributed by atoms with E-state index in [4.69, 9.17) is 18.9 Å². The number of methoxy groups -OCH3 is 1. The number of benzene rings is 1. The van der Waals surface area contributed by atoms with Crippen molar-refractivity contribution < 1.29 is 23.7 Å². The van der Waals surface area contributed by atoms with E-state index in [0.29, 0.717) is 43.3 Å². The Labute approximate surface area is 106 Å². The fourth-order valence-corrected chi connectivity index (χ4v) is 1.72. The molecule has 0 N–H and O–H groups in total. The van der Waals surface area contributed by atoms with E-state index in [1.165, 1.54) is 0 Å². The first-order valence-electron chi connectivity index (χ1n) is 5.82. The Morgan fingerprint density at radius 1 is 1.33 bits per heavy atom. The van der Waals surface area contributed by atoms with E-state index >= 15 is 0 Å². The lowest BCUT2D eigenvalue weighted by Crippen LogP contribution is -2.13. The van der Waals surface area contributed by atoms with Crippen molar-refractivity contribution in [3.63, 3.8) is 0 Å². The molecule has 5 heteroatoms. The Morgan fingerprint density at radius 3 is 2.78 bits per heavy atom. The first-order chi connectivity index (χ1) is 8.83. The first kappa shape index (κ1) is 12.9. The van der Waals surface area contributed by atoms with Gasteiger partial charge in [-0.15, -0.1) is 0 Å². The van der Waals surface area contributed by atoms with E-state index in [2.05, 4.69) is 0 Å². The van der Waals surface area contributed by atoms with Crippen LogP contribution in [0.2, 0.25) is 0 Å².